The zero-order valence-corrected chi connectivity index (χ0v) is 12.8. The van der Waals surface area contributed by atoms with Crippen LogP contribution in [0.15, 0.2) is 30.5 Å². The lowest BCUT2D eigenvalue weighted by Gasteiger charge is -2.15. The molecule has 0 spiro atoms. The van der Waals surface area contributed by atoms with Gasteiger partial charge in [-0.15, -0.1) is 0 Å². The largest absolute Gasteiger partial charge is 0.438 e. The summed E-state index contributed by atoms with van der Waals surface area (Å²) in [4.78, 5) is 4.31. The molecule has 0 aliphatic rings. The molecule has 106 valence electrons. The van der Waals surface area contributed by atoms with Crippen LogP contribution in [0.1, 0.15) is 35.2 Å². The number of hydrogen-bond donors (Lipinski definition) is 1. The van der Waals surface area contributed by atoms with Gasteiger partial charge >= 0.3 is 0 Å². The Morgan fingerprint density at radius 3 is 2.50 bits per heavy atom. The van der Waals surface area contributed by atoms with E-state index >= 15 is 0 Å². The van der Waals surface area contributed by atoms with Gasteiger partial charge in [-0.1, -0.05) is 12.1 Å². The van der Waals surface area contributed by atoms with Crippen LogP contribution < -0.4 is 10.1 Å². The Bertz CT molecular complexity index is 608. The summed E-state index contributed by atoms with van der Waals surface area (Å²) in [5.74, 6) is 1.55. The van der Waals surface area contributed by atoms with Crippen molar-refractivity contribution in [2.75, 3.05) is 7.05 Å². The van der Waals surface area contributed by atoms with Crippen LogP contribution in [0.5, 0.6) is 11.6 Å². The molecule has 2 aromatic rings. The molecular weight excluding hydrogens is 248 g/mol. The number of aromatic nitrogens is 1. The Labute approximate surface area is 121 Å². The van der Waals surface area contributed by atoms with Gasteiger partial charge in [-0.25, -0.2) is 4.98 Å². The van der Waals surface area contributed by atoms with Crippen LogP contribution in [-0.4, -0.2) is 12.0 Å². The number of benzene rings is 1. The first-order chi connectivity index (χ1) is 9.52. The molecule has 0 saturated heterocycles. The maximum absolute atomic E-state index is 6.02. The zero-order chi connectivity index (χ0) is 14.7. The van der Waals surface area contributed by atoms with E-state index in [2.05, 4.69) is 50.1 Å². The third kappa shape index (κ3) is 2.99. The fourth-order valence-corrected chi connectivity index (χ4v) is 2.10. The van der Waals surface area contributed by atoms with Gasteiger partial charge in [0.05, 0.1) is 0 Å². The number of rotatable bonds is 4. The summed E-state index contributed by atoms with van der Waals surface area (Å²) < 4.78 is 6.02. The van der Waals surface area contributed by atoms with Gasteiger partial charge in [0.25, 0.3) is 0 Å². The summed E-state index contributed by atoms with van der Waals surface area (Å²) in [5, 5.41) is 3.22. The Balaban J connectivity index is 2.33. The van der Waals surface area contributed by atoms with Crippen molar-refractivity contribution >= 4 is 0 Å². The van der Waals surface area contributed by atoms with Gasteiger partial charge in [-0.2, -0.15) is 0 Å². The molecule has 0 bridgehead atoms. The third-order valence-corrected chi connectivity index (χ3v) is 3.77. The number of ether oxygens (including phenoxy) is 1. The van der Waals surface area contributed by atoms with Crippen LogP contribution in [-0.2, 0) is 0 Å². The molecule has 1 heterocycles. The predicted octanol–water partition coefficient (Wildman–Crippen LogP) is 4.08. The van der Waals surface area contributed by atoms with Crippen LogP contribution in [0.4, 0.5) is 0 Å². The predicted molar refractivity (Wildman–Crippen MR) is 82.4 cm³/mol. The number of nitrogens with one attached hydrogen (secondary N) is 1. The van der Waals surface area contributed by atoms with E-state index in [1.54, 1.807) is 6.20 Å². The number of nitrogens with zero attached hydrogens (tertiary/aromatic N) is 1. The van der Waals surface area contributed by atoms with Crippen molar-refractivity contribution in [3.05, 3.63) is 52.7 Å². The number of hydrogen-bond acceptors (Lipinski definition) is 3. The molecule has 1 N–H and O–H groups in total. The molecule has 3 nitrogen and oxygen atoms in total. The van der Waals surface area contributed by atoms with Crippen molar-refractivity contribution in [2.45, 2.75) is 33.7 Å². The number of aryl methyl sites for hydroxylation is 2. The molecule has 20 heavy (non-hydrogen) atoms. The Morgan fingerprint density at radius 1 is 1.10 bits per heavy atom. The summed E-state index contributed by atoms with van der Waals surface area (Å²) in [6, 6.07) is 8.47. The molecule has 0 radical (unpaired) electrons. The first kappa shape index (κ1) is 14.5. The maximum atomic E-state index is 6.02. The molecule has 1 atom stereocenters. The highest BCUT2D eigenvalue weighted by atomic mass is 16.5. The fraction of sp³-hybridized carbons (Fsp3) is 0.353. The lowest BCUT2D eigenvalue weighted by Crippen LogP contribution is -2.12. The molecular formula is C17H22N2O. The van der Waals surface area contributed by atoms with Crippen molar-refractivity contribution in [3.8, 4) is 11.6 Å². The minimum absolute atomic E-state index is 0.278. The van der Waals surface area contributed by atoms with Crippen LogP contribution in [0.3, 0.4) is 0 Å². The van der Waals surface area contributed by atoms with E-state index in [1.807, 2.05) is 19.2 Å². The van der Waals surface area contributed by atoms with E-state index in [0.29, 0.717) is 5.88 Å². The Morgan fingerprint density at radius 2 is 1.80 bits per heavy atom. The second kappa shape index (κ2) is 6.06. The molecule has 1 unspecified atom stereocenters. The second-order valence-corrected chi connectivity index (χ2v) is 5.19. The second-order valence-electron chi connectivity index (χ2n) is 5.19. The van der Waals surface area contributed by atoms with E-state index in [9.17, 15) is 0 Å². The molecule has 1 aromatic heterocycles. The van der Waals surface area contributed by atoms with Gasteiger partial charge in [0.1, 0.15) is 5.75 Å². The smallest absolute Gasteiger partial charge is 0.219 e. The quantitative estimate of drug-likeness (QED) is 0.909. The first-order valence-electron chi connectivity index (χ1n) is 6.90. The molecule has 0 amide bonds. The first-order valence-corrected chi connectivity index (χ1v) is 6.90. The average Bonchev–Trinajstić information content (AvgIpc) is 2.47. The van der Waals surface area contributed by atoms with Gasteiger partial charge in [0.15, 0.2) is 0 Å². The van der Waals surface area contributed by atoms with Crippen molar-refractivity contribution in [1.82, 2.24) is 10.3 Å². The van der Waals surface area contributed by atoms with E-state index < -0.39 is 0 Å². The minimum Gasteiger partial charge on any atom is -0.438 e. The molecule has 2 rings (SSSR count). The van der Waals surface area contributed by atoms with Gasteiger partial charge < -0.3 is 10.1 Å². The zero-order valence-electron chi connectivity index (χ0n) is 12.8. The molecule has 1 aromatic carbocycles. The molecule has 0 aliphatic carbocycles. The summed E-state index contributed by atoms with van der Waals surface area (Å²) in [5.41, 5.74) is 4.69. The van der Waals surface area contributed by atoms with Gasteiger partial charge in [-0.05, 0) is 63.1 Å². The average molecular weight is 270 g/mol. The van der Waals surface area contributed by atoms with Crippen molar-refractivity contribution in [2.24, 2.45) is 0 Å². The third-order valence-electron chi connectivity index (χ3n) is 3.77. The van der Waals surface area contributed by atoms with Gasteiger partial charge in [0.2, 0.25) is 5.88 Å². The van der Waals surface area contributed by atoms with E-state index in [1.165, 1.54) is 16.7 Å². The highest BCUT2D eigenvalue weighted by Gasteiger charge is 2.10. The topological polar surface area (TPSA) is 34.2 Å². The van der Waals surface area contributed by atoms with E-state index in [-0.39, 0.29) is 6.04 Å². The van der Waals surface area contributed by atoms with Crippen LogP contribution in [0, 0.1) is 20.8 Å². The highest BCUT2D eigenvalue weighted by Crippen LogP contribution is 2.30. The monoisotopic (exact) mass is 270 g/mol. The Kier molecular flexibility index (Phi) is 4.40. The van der Waals surface area contributed by atoms with Crippen molar-refractivity contribution in [3.63, 3.8) is 0 Å². The van der Waals surface area contributed by atoms with Crippen LogP contribution in [0.25, 0.3) is 0 Å². The lowest BCUT2D eigenvalue weighted by molar-refractivity contribution is 0.453. The summed E-state index contributed by atoms with van der Waals surface area (Å²) in [6.45, 7) is 8.34. The van der Waals surface area contributed by atoms with Gasteiger partial charge in [-0.3, -0.25) is 0 Å². The van der Waals surface area contributed by atoms with Crippen molar-refractivity contribution in [1.29, 1.82) is 0 Å². The summed E-state index contributed by atoms with van der Waals surface area (Å²) >= 11 is 0. The van der Waals surface area contributed by atoms with Gasteiger partial charge in [0, 0.05) is 18.3 Å². The summed E-state index contributed by atoms with van der Waals surface area (Å²) in [6.07, 6.45) is 1.79. The van der Waals surface area contributed by atoms with Crippen LogP contribution >= 0.6 is 0 Å². The normalized spacial score (nSPS) is 12.2. The number of pyridine rings is 1. The van der Waals surface area contributed by atoms with Crippen LogP contribution in [0.2, 0.25) is 0 Å². The lowest BCUT2D eigenvalue weighted by atomic mass is 10.1. The molecule has 0 saturated carbocycles. The minimum atomic E-state index is 0.278. The molecule has 3 heteroatoms. The summed E-state index contributed by atoms with van der Waals surface area (Å²) in [7, 11) is 1.94. The fourth-order valence-electron chi connectivity index (χ4n) is 2.10. The maximum Gasteiger partial charge on any atom is 0.219 e. The molecule has 0 aliphatic heterocycles. The SMILES string of the molecule is CNC(C)c1ccnc(Oc2c(C)ccc(C)c2C)c1. The molecule has 0 fully saturated rings. The standard InChI is InChI=1S/C17H22N2O/c1-11-6-7-12(2)17(13(11)3)20-16-10-15(8-9-19-16)14(4)18-5/h6-10,14,18H,1-5H3. The van der Waals surface area contributed by atoms with E-state index in [0.717, 1.165) is 11.3 Å². The highest BCUT2D eigenvalue weighted by molar-refractivity contribution is 5.46. The van der Waals surface area contributed by atoms with E-state index in [4.69, 9.17) is 4.74 Å². The Hall–Kier alpha value is -1.87. The van der Waals surface area contributed by atoms with Crippen molar-refractivity contribution < 1.29 is 4.74 Å².